The average molecular weight is 182 g/mol. The van der Waals surface area contributed by atoms with Crippen LogP contribution in [0.4, 0.5) is 0 Å². The van der Waals surface area contributed by atoms with Crippen molar-refractivity contribution >= 4 is 24.3 Å². The molecule has 0 aromatic rings. The van der Waals surface area contributed by atoms with E-state index in [0.29, 0.717) is 0 Å². The number of aliphatic carboxylic acids is 1. The number of allylic oxidation sites excluding steroid dienone is 1. The molecule has 0 aliphatic carbocycles. The highest BCUT2D eigenvalue weighted by atomic mass is 35.5. The minimum atomic E-state index is -0.891. The molecule has 6 heteroatoms. The Balaban J connectivity index is -0.000000114. The Hall–Kier alpha value is -1.23. The van der Waals surface area contributed by atoms with Gasteiger partial charge in [0.05, 0.1) is 0 Å². The lowest BCUT2D eigenvalue weighted by atomic mass is 10.5. The molecule has 66 valence electrons. The van der Waals surface area contributed by atoms with Crippen LogP contribution >= 0.6 is 12.4 Å². The third kappa shape index (κ3) is 128. The Kier molecular flexibility index (Phi) is 17.2. The van der Waals surface area contributed by atoms with Crippen molar-refractivity contribution in [1.82, 2.24) is 0 Å². The van der Waals surface area contributed by atoms with Crippen LogP contribution in [-0.4, -0.2) is 17.0 Å². The molecule has 11 heavy (non-hydrogen) atoms. The van der Waals surface area contributed by atoms with Crippen LogP contribution in [0.5, 0.6) is 0 Å². The van der Waals surface area contributed by atoms with Gasteiger partial charge in [0.15, 0.2) is 5.96 Å². The average Bonchev–Trinajstić information content (AvgIpc) is 1.62. The highest BCUT2D eigenvalue weighted by Gasteiger charge is 1.76. The van der Waals surface area contributed by atoms with Crippen molar-refractivity contribution in [3.8, 4) is 0 Å². The fourth-order valence-corrected chi connectivity index (χ4v) is 0.143. The Bertz CT molecular complexity index is 143. The van der Waals surface area contributed by atoms with Crippen LogP contribution in [0.2, 0.25) is 0 Å². The minimum Gasteiger partial charge on any atom is -0.478 e. The quantitative estimate of drug-likeness (QED) is 0.257. The number of carboxylic acids is 1. The molecule has 6 N–H and O–H groups in total. The molecule has 0 radical (unpaired) electrons. The summed E-state index contributed by atoms with van der Waals surface area (Å²) in [6.45, 7) is 1.66. The number of carbonyl (C=O) groups is 1. The molecule has 0 rings (SSSR count). The topological polar surface area (TPSA) is 113 Å². The van der Waals surface area contributed by atoms with E-state index in [1.807, 2.05) is 0 Å². The first-order chi connectivity index (χ1) is 4.50. The first-order valence-corrected chi connectivity index (χ1v) is 2.45. The van der Waals surface area contributed by atoms with Gasteiger partial charge < -0.3 is 16.6 Å². The maximum Gasteiger partial charge on any atom is 0.327 e. The number of rotatable bonds is 1. The summed E-state index contributed by atoms with van der Waals surface area (Å²) in [6, 6.07) is 0. The normalized spacial score (nSPS) is 7.36. The van der Waals surface area contributed by atoms with Gasteiger partial charge in [0, 0.05) is 6.08 Å². The highest BCUT2D eigenvalue weighted by Crippen LogP contribution is 1.65. The smallest absolute Gasteiger partial charge is 0.327 e. The number of nitrogens with two attached hydrogens (primary N) is 2. The summed E-state index contributed by atoms with van der Waals surface area (Å²) in [5.74, 6) is -1.22. The van der Waals surface area contributed by atoms with Crippen molar-refractivity contribution in [1.29, 1.82) is 5.41 Å². The molecule has 0 atom stereocenters. The predicted molar refractivity (Wildman–Crippen MR) is 45.8 cm³/mol. The molecule has 0 unspecified atom stereocenters. The van der Waals surface area contributed by atoms with E-state index >= 15 is 0 Å². The lowest BCUT2D eigenvalue weighted by molar-refractivity contribution is -0.131. The second kappa shape index (κ2) is 11.6. The zero-order valence-electron chi connectivity index (χ0n) is 6.07. The fraction of sp³-hybridized carbons (Fsp3) is 0.200. The van der Waals surface area contributed by atoms with E-state index in [1.54, 1.807) is 6.92 Å². The Morgan fingerprint density at radius 3 is 1.82 bits per heavy atom. The van der Waals surface area contributed by atoms with Gasteiger partial charge in [0.25, 0.3) is 0 Å². The van der Waals surface area contributed by atoms with Crippen molar-refractivity contribution in [2.75, 3.05) is 0 Å². The fourth-order valence-electron chi connectivity index (χ4n) is 0.143. The second-order valence-electron chi connectivity index (χ2n) is 1.29. The van der Waals surface area contributed by atoms with E-state index in [2.05, 4.69) is 11.5 Å². The van der Waals surface area contributed by atoms with Crippen LogP contribution in [-0.2, 0) is 4.79 Å². The van der Waals surface area contributed by atoms with Crippen LogP contribution < -0.4 is 11.5 Å². The van der Waals surface area contributed by atoms with Crippen molar-refractivity contribution < 1.29 is 9.90 Å². The van der Waals surface area contributed by atoms with Gasteiger partial charge in [0.1, 0.15) is 0 Å². The molecular formula is C5H12ClN3O2. The molecular weight excluding hydrogens is 170 g/mol. The molecule has 0 heterocycles. The summed E-state index contributed by atoms with van der Waals surface area (Å²) in [7, 11) is 0. The maximum absolute atomic E-state index is 9.51. The van der Waals surface area contributed by atoms with Crippen LogP contribution in [0.25, 0.3) is 0 Å². The summed E-state index contributed by atoms with van der Waals surface area (Å²) < 4.78 is 0. The number of halogens is 1. The zero-order valence-corrected chi connectivity index (χ0v) is 6.89. The van der Waals surface area contributed by atoms with Gasteiger partial charge >= 0.3 is 5.97 Å². The predicted octanol–water partition coefficient (Wildman–Crippen LogP) is -0.0925. The van der Waals surface area contributed by atoms with Gasteiger partial charge in [-0.05, 0) is 6.92 Å². The summed E-state index contributed by atoms with van der Waals surface area (Å²) in [5, 5.41) is 13.9. The standard InChI is InChI=1S/C4H6O2.CH5N3.ClH/c1-2-3-4(5)6;2-1(3)4;/h2-3H,1H3,(H,5,6);(H5,2,3,4);1H. The van der Waals surface area contributed by atoms with Crippen molar-refractivity contribution in [3.05, 3.63) is 12.2 Å². The highest BCUT2D eigenvalue weighted by molar-refractivity contribution is 5.85. The lowest BCUT2D eigenvalue weighted by Crippen LogP contribution is -2.20. The molecule has 0 aromatic heterocycles. The lowest BCUT2D eigenvalue weighted by Gasteiger charge is -1.69. The van der Waals surface area contributed by atoms with Crippen molar-refractivity contribution in [3.63, 3.8) is 0 Å². The maximum atomic E-state index is 9.51. The molecule has 0 aliphatic heterocycles. The van der Waals surface area contributed by atoms with E-state index in [-0.39, 0.29) is 18.4 Å². The summed E-state index contributed by atoms with van der Waals surface area (Å²) in [6.07, 6.45) is 2.56. The third-order valence-corrected chi connectivity index (χ3v) is 0.309. The van der Waals surface area contributed by atoms with E-state index < -0.39 is 5.97 Å². The van der Waals surface area contributed by atoms with Crippen LogP contribution in [0.3, 0.4) is 0 Å². The third-order valence-electron chi connectivity index (χ3n) is 0.309. The Morgan fingerprint density at radius 2 is 1.82 bits per heavy atom. The molecule has 0 saturated carbocycles. The number of nitrogens with one attached hydrogen (secondary N) is 1. The van der Waals surface area contributed by atoms with E-state index in [0.717, 1.165) is 6.08 Å². The molecule has 0 amide bonds. The number of guanidine groups is 1. The van der Waals surface area contributed by atoms with Gasteiger partial charge in [-0.3, -0.25) is 5.41 Å². The van der Waals surface area contributed by atoms with Gasteiger partial charge in [-0.1, -0.05) is 6.08 Å². The largest absolute Gasteiger partial charge is 0.478 e. The number of hydrogen-bond acceptors (Lipinski definition) is 2. The van der Waals surface area contributed by atoms with Gasteiger partial charge in [-0.2, -0.15) is 0 Å². The molecule has 0 fully saturated rings. The van der Waals surface area contributed by atoms with Gasteiger partial charge in [0.2, 0.25) is 0 Å². The van der Waals surface area contributed by atoms with Gasteiger partial charge in [-0.25, -0.2) is 4.79 Å². The number of carboxylic acid groups (broad SMARTS) is 1. The molecule has 0 bridgehead atoms. The van der Waals surface area contributed by atoms with Crippen LogP contribution in [0, 0.1) is 5.41 Å². The summed E-state index contributed by atoms with van der Waals surface area (Å²) >= 11 is 0. The van der Waals surface area contributed by atoms with E-state index in [9.17, 15) is 4.79 Å². The molecule has 0 spiro atoms. The van der Waals surface area contributed by atoms with Gasteiger partial charge in [-0.15, -0.1) is 12.4 Å². The summed E-state index contributed by atoms with van der Waals surface area (Å²) in [5.41, 5.74) is 8.94. The zero-order chi connectivity index (χ0) is 8.57. The SMILES string of the molecule is CC=CC(=O)O.Cl.N=C(N)N. The first-order valence-electron chi connectivity index (χ1n) is 2.45. The minimum absolute atomic E-state index is 0. The Morgan fingerprint density at radius 1 is 1.55 bits per heavy atom. The molecule has 0 aromatic carbocycles. The molecule has 0 saturated heterocycles. The second-order valence-corrected chi connectivity index (χ2v) is 1.29. The van der Waals surface area contributed by atoms with E-state index in [1.165, 1.54) is 6.08 Å². The Labute approximate surface area is 71.0 Å². The monoisotopic (exact) mass is 181 g/mol. The molecule has 5 nitrogen and oxygen atoms in total. The first kappa shape index (κ1) is 16.4. The van der Waals surface area contributed by atoms with Crippen LogP contribution in [0.1, 0.15) is 6.92 Å². The summed E-state index contributed by atoms with van der Waals surface area (Å²) in [4.78, 5) is 9.51. The van der Waals surface area contributed by atoms with E-state index in [4.69, 9.17) is 10.5 Å². The van der Waals surface area contributed by atoms with Crippen molar-refractivity contribution in [2.45, 2.75) is 6.92 Å². The molecule has 0 aliphatic rings. The number of hydrogen-bond donors (Lipinski definition) is 4. The van der Waals surface area contributed by atoms with Crippen molar-refractivity contribution in [2.24, 2.45) is 11.5 Å². The van der Waals surface area contributed by atoms with Crippen LogP contribution in [0.15, 0.2) is 12.2 Å².